The third-order valence-corrected chi connectivity index (χ3v) is 6.02. The molecule has 2 atom stereocenters. The molecular weight excluding hydrogens is 410 g/mol. The third kappa shape index (κ3) is 3.96. The summed E-state index contributed by atoms with van der Waals surface area (Å²) in [5.74, 6) is -0.559. The zero-order chi connectivity index (χ0) is 22.8. The summed E-state index contributed by atoms with van der Waals surface area (Å²) in [6, 6.07) is 11.5. The van der Waals surface area contributed by atoms with Gasteiger partial charge in [-0.2, -0.15) is 0 Å². The van der Waals surface area contributed by atoms with Crippen molar-refractivity contribution in [2.75, 3.05) is 27.4 Å². The van der Waals surface area contributed by atoms with E-state index in [0.29, 0.717) is 29.2 Å². The standard InChI is InChI=1S/C25H27NO6/c1-15-6-8-16(9-7-15)23(27)21-22(19-13-17(30-2)10-11-20(19)31-3)26(25(29)24(21)28)14-18-5-4-12-32-18/h6-11,13,18,22,27H,4-5,12,14H2,1-3H3/t18-,22-/m0/s1. The molecule has 168 valence electrons. The lowest BCUT2D eigenvalue weighted by atomic mass is 9.94. The summed E-state index contributed by atoms with van der Waals surface area (Å²) >= 11 is 0. The Balaban J connectivity index is 1.89. The van der Waals surface area contributed by atoms with E-state index in [2.05, 4.69) is 0 Å². The number of hydrogen-bond donors (Lipinski definition) is 1. The molecule has 2 saturated heterocycles. The molecule has 2 aromatic rings. The Kier molecular flexibility index (Phi) is 6.19. The molecule has 7 nitrogen and oxygen atoms in total. The van der Waals surface area contributed by atoms with E-state index in [9.17, 15) is 14.7 Å². The number of likely N-dealkylation sites (tertiary alicyclic amines) is 1. The van der Waals surface area contributed by atoms with Crippen LogP contribution in [0.15, 0.2) is 48.0 Å². The topological polar surface area (TPSA) is 85.3 Å². The first-order valence-electron chi connectivity index (χ1n) is 10.6. The van der Waals surface area contributed by atoms with Crippen LogP contribution in [-0.2, 0) is 14.3 Å². The number of ketones is 1. The van der Waals surface area contributed by atoms with Crippen molar-refractivity contribution in [1.82, 2.24) is 4.90 Å². The summed E-state index contributed by atoms with van der Waals surface area (Å²) in [6.07, 6.45) is 1.56. The van der Waals surface area contributed by atoms with Crippen molar-refractivity contribution in [3.8, 4) is 11.5 Å². The third-order valence-electron chi connectivity index (χ3n) is 6.02. The van der Waals surface area contributed by atoms with Crippen LogP contribution < -0.4 is 9.47 Å². The van der Waals surface area contributed by atoms with Crippen molar-refractivity contribution in [3.63, 3.8) is 0 Å². The lowest BCUT2D eigenvalue weighted by Crippen LogP contribution is -2.36. The van der Waals surface area contributed by atoms with E-state index in [1.165, 1.54) is 12.0 Å². The molecule has 2 aliphatic rings. The fourth-order valence-corrected chi connectivity index (χ4v) is 4.32. The average molecular weight is 437 g/mol. The number of aliphatic hydroxyl groups excluding tert-OH is 1. The summed E-state index contributed by atoms with van der Waals surface area (Å²) < 4.78 is 16.7. The first kappa shape index (κ1) is 21.9. The molecule has 4 rings (SSSR count). The van der Waals surface area contributed by atoms with E-state index in [4.69, 9.17) is 14.2 Å². The smallest absolute Gasteiger partial charge is 0.295 e. The van der Waals surface area contributed by atoms with Gasteiger partial charge in [0.15, 0.2) is 0 Å². The highest BCUT2D eigenvalue weighted by Crippen LogP contribution is 2.44. The van der Waals surface area contributed by atoms with Gasteiger partial charge in [0.05, 0.1) is 31.9 Å². The van der Waals surface area contributed by atoms with E-state index < -0.39 is 17.7 Å². The van der Waals surface area contributed by atoms with Gasteiger partial charge in [-0.05, 0) is 38.0 Å². The van der Waals surface area contributed by atoms with Gasteiger partial charge in [0.25, 0.3) is 11.7 Å². The van der Waals surface area contributed by atoms with Crippen molar-refractivity contribution < 1.29 is 28.9 Å². The molecule has 0 unspecified atom stereocenters. The molecule has 1 amide bonds. The predicted octanol–water partition coefficient (Wildman–Crippen LogP) is 3.61. The number of carbonyl (C=O) groups excluding carboxylic acids is 2. The Hall–Kier alpha value is -3.32. The van der Waals surface area contributed by atoms with Crippen LogP contribution in [0.2, 0.25) is 0 Å². The second kappa shape index (κ2) is 9.04. The number of benzene rings is 2. The molecule has 2 heterocycles. The average Bonchev–Trinajstić information content (AvgIpc) is 3.41. The molecule has 0 radical (unpaired) electrons. The molecule has 32 heavy (non-hydrogen) atoms. The van der Waals surface area contributed by atoms with Crippen LogP contribution in [-0.4, -0.2) is 55.2 Å². The fraction of sp³-hybridized carbons (Fsp3) is 0.360. The van der Waals surface area contributed by atoms with Gasteiger partial charge in [0, 0.05) is 24.3 Å². The Morgan fingerprint density at radius 2 is 1.88 bits per heavy atom. The Morgan fingerprint density at radius 1 is 1.12 bits per heavy atom. The number of aryl methyl sites for hydroxylation is 1. The highest BCUT2D eigenvalue weighted by molar-refractivity contribution is 6.46. The van der Waals surface area contributed by atoms with Gasteiger partial charge < -0.3 is 24.2 Å². The number of Topliss-reactive ketones (excluding diaryl/α,β-unsaturated/α-hetero) is 1. The summed E-state index contributed by atoms with van der Waals surface area (Å²) in [5, 5.41) is 11.2. The highest BCUT2D eigenvalue weighted by Gasteiger charge is 2.48. The molecule has 0 saturated carbocycles. The van der Waals surface area contributed by atoms with Crippen molar-refractivity contribution in [3.05, 3.63) is 64.7 Å². The van der Waals surface area contributed by atoms with E-state index in [1.54, 1.807) is 37.4 Å². The fourth-order valence-electron chi connectivity index (χ4n) is 4.32. The van der Waals surface area contributed by atoms with Crippen LogP contribution in [0.1, 0.15) is 35.6 Å². The van der Waals surface area contributed by atoms with Crippen LogP contribution in [0, 0.1) is 6.92 Å². The number of nitrogens with zero attached hydrogens (tertiary/aromatic N) is 1. The monoisotopic (exact) mass is 437 g/mol. The second-order valence-electron chi connectivity index (χ2n) is 8.06. The van der Waals surface area contributed by atoms with Crippen LogP contribution >= 0.6 is 0 Å². The molecule has 0 spiro atoms. The molecular formula is C25H27NO6. The predicted molar refractivity (Wildman–Crippen MR) is 119 cm³/mol. The number of aliphatic hydroxyl groups is 1. The van der Waals surface area contributed by atoms with E-state index in [1.807, 2.05) is 19.1 Å². The minimum atomic E-state index is -0.828. The normalized spacial score (nSPS) is 22.4. The lowest BCUT2D eigenvalue weighted by molar-refractivity contribution is -0.140. The Morgan fingerprint density at radius 3 is 2.50 bits per heavy atom. The molecule has 2 aromatic carbocycles. The van der Waals surface area contributed by atoms with Crippen molar-refractivity contribution >= 4 is 17.4 Å². The van der Waals surface area contributed by atoms with Gasteiger partial charge in [-0.15, -0.1) is 0 Å². The number of methoxy groups -OCH3 is 2. The quantitative estimate of drug-likeness (QED) is 0.422. The zero-order valence-corrected chi connectivity index (χ0v) is 18.5. The summed E-state index contributed by atoms with van der Waals surface area (Å²) in [6.45, 7) is 2.82. The number of amides is 1. The molecule has 0 aliphatic carbocycles. The summed E-state index contributed by atoms with van der Waals surface area (Å²) in [7, 11) is 3.07. The second-order valence-corrected chi connectivity index (χ2v) is 8.06. The first-order valence-corrected chi connectivity index (χ1v) is 10.6. The van der Waals surface area contributed by atoms with Gasteiger partial charge in [-0.3, -0.25) is 9.59 Å². The van der Waals surface area contributed by atoms with Gasteiger partial charge in [-0.1, -0.05) is 29.8 Å². The lowest BCUT2D eigenvalue weighted by Gasteiger charge is -2.28. The molecule has 0 aromatic heterocycles. The summed E-state index contributed by atoms with van der Waals surface area (Å²) in [4.78, 5) is 27.8. The van der Waals surface area contributed by atoms with E-state index in [0.717, 1.165) is 18.4 Å². The minimum Gasteiger partial charge on any atom is -0.507 e. The number of hydrogen-bond acceptors (Lipinski definition) is 6. The molecule has 2 aliphatic heterocycles. The highest BCUT2D eigenvalue weighted by atomic mass is 16.5. The maximum atomic E-state index is 13.2. The maximum Gasteiger partial charge on any atom is 0.295 e. The van der Waals surface area contributed by atoms with Gasteiger partial charge in [-0.25, -0.2) is 0 Å². The Labute approximate surface area is 187 Å². The number of ether oxygens (including phenoxy) is 3. The minimum absolute atomic E-state index is 0.0309. The van der Waals surface area contributed by atoms with Crippen LogP contribution in [0.4, 0.5) is 0 Å². The van der Waals surface area contributed by atoms with E-state index in [-0.39, 0.29) is 24.0 Å². The van der Waals surface area contributed by atoms with Crippen LogP contribution in [0.3, 0.4) is 0 Å². The zero-order valence-electron chi connectivity index (χ0n) is 18.5. The first-order chi connectivity index (χ1) is 15.4. The maximum absolute atomic E-state index is 13.2. The molecule has 1 N–H and O–H groups in total. The molecule has 0 bridgehead atoms. The largest absolute Gasteiger partial charge is 0.507 e. The van der Waals surface area contributed by atoms with Crippen molar-refractivity contribution in [2.45, 2.75) is 31.9 Å². The SMILES string of the molecule is COc1ccc(OC)c([C@H]2C(=C(O)c3ccc(C)cc3)C(=O)C(=O)N2C[C@@H]2CCCO2)c1. The molecule has 7 heteroatoms. The number of carbonyl (C=O) groups is 2. The van der Waals surface area contributed by atoms with Gasteiger partial charge in [0.1, 0.15) is 17.3 Å². The van der Waals surface area contributed by atoms with Crippen LogP contribution in [0.5, 0.6) is 11.5 Å². The van der Waals surface area contributed by atoms with Crippen LogP contribution in [0.25, 0.3) is 5.76 Å². The Bertz CT molecular complexity index is 1050. The summed E-state index contributed by atoms with van der Waals surface area (Å²) in [5.41, 5.74) is 2.09. The van der Waals surface area contributed by atoms with E-state index >= 15 is 0 Å². The van der Waals surface area contributed by atoms with Crippen molar-refractivity contribution in [1.29, 1.82) is 0 Å². The van der Waals surface area contributed by atoms with Gasteiger partial charge >= 0.3 is 0 Å². The van der Waals surface area contributed by atoms with Crippen molar-refractivity contribution in [2.24, 2.45) is 0 Å². The number of rotatable bonds is 6. The van der Waals surface area contributed by atoms with Gasteiger partial charge in [0.2, 0.25) is 0 Å². The molecule has 2 fully saturated rings.